The number of hydrogen-bond donors (Lipinski definition) is 1. The fraction of sp³-hybridized carbons (Fsp3) is 0.200. The van der Waals surface area contributed by atoms with E-state index in [9.17, 15) is 18.0 Å². The molecule has 28 heavy (non-hydrogen) atoms. The zero-order valence-corrected chi connectivity index (χ0v) is 15.6. The van der Waals surface area contributed by atoms with Gasteiger partial charge in [0.25, 0.3) is 0 Å². The second-order valence-electron chi connectivity index (χ2n) is 6.09. The Hall–Kier alpha value is -2.87. The van der Waals surface area contributed by atoms with Crippen LogP contribution >= 0.6 is 11.3 Å². The van der Waals surface area contributed by atoms with Crippen molar-refractivity contribution in [2.75, 3.05) is 11.9 Å². The van der Waals surface area contributed by atoms with Crippen molar-refractivity contribution in [3.8, 4) is 0 Å². The highest BCUT2D eigenvalue weighted by atomic mass is 32.1. The lowest BCUT2D eigenvalue weighted by Gasteiger charge is -2.24. The van der Waals surface area contributed by atoms with Crippen LogP contribution < -0.4 is 5.32 Å². The summed E-state index contributed by atoms with van der Waals surface area (Å²) in [5, 5.41) is 4.36. The van der Waals surface area contributed by atoms with Crippen molar-refractivity contribution >= 4 is 23.1 Å². The summed E-state index contributed by atoms with van der Waals surface area (Å²) < 4.78 is 39.6. The first-order valence-electron chi connectivity index (χ1n) is 8.57. The molecule has 8 heteroatoms. The summed E-state index contributed by atoms with van der Waals surface area (Å²) in [5.41, 5.74) is -0.330. The first-order chi connectivity index (χ1) is 13.4. The number of carbonyl (C=O) groups excluding carboxylic acids is 1. The average molecular weight is 405 g/mol. The number of nitrogens with zero attached hydrogens (tertiary/aromatic N) is 2. The summed E-state index contributed by atoms with van der Waals surface area (Å²) >= 11 is 1.57. The zero-order valence-electron chi connectivity index (χ0n) is 14.8. The Labute approximate surface area is 164 Å². The average Bonchev–Trinajstić information content (AvgIpc) is 3.19. The molecule has 0 aliphatic carbocycles. The predicted octanol–water partition coefficient (Wildman–Crippen LogP) is 5.44. The standard InChI is InChI=1S/C20H18F3N3OS/c21-20(22,23)17-7-1-2-8-18(17)25-19(27)26(11-9-16-6-4-12-28-16)14-15-5-3-10-24-13-15/h1-8,10,12-13H,9,11,14H2,(H,25,27). The maximum absolute atomic E-state index is 13.2. The van der Waals surface area contributed by atoms with E-state index in [1.54, 1.807) is 29.8 Å². The van der Waals surface area contributed by atoms with Crippen molar-refractivity contribution in [2.45, 2.75) is 19.1 Å². The van der Waals surface area contributed by atoms with Crippen LogP contribution in [0.25, 0.3) is 0 Å². The zero-order chi connectivity index (χ0) is 20.0. The second kappa shape index (κ2) is 8.88. The van der Waals surface area contributed by atoms with E-state index in [0.29, 0.717) is 13.0 Å². The lowest BCUT2D eigenvalue weighted by atomic mass is 10.1. The molecule has 0 saturated carbocycles. The fourth-order valence-corrected chi connectivity index (χ4v) is 3.40. The molecule has 1 aromatic carbocycles. The third kappa shape index (κ3) is 5.32. The number of halogens is 3. The number of thiophene rings is 1. The summed E-state index contributed by atoms with van der Waals surface area (Å²) in [5.74, 6) is 0. The third-order valence-electron chi connectivity index (χ3n) is 4.07. The molecule has 0 unspecified atom stereocenters. The van der Waals surface area contributed by atoms with Crippen molar-refractivity contribution in [1.82, 2.24) is 9.88 Å². The summed E-state index contributed by atoms with van der Waals surface area (Å²) in [7, 11) is 0. The van der Waals surface area contributed by atoms with Gasteiger partial charge in [-0.1, -0.05) is 24.3 Å². The maximum Gasteiger partial charge on any atom is 0.418 e. The Morgan fingerprint density at radius 1 is 1.11 bits per heavy atom. The van der Waals surface area contributed by atoms with Gasteiger partial charge in [0.1, 0.15) is 0 Å². The van der Waals surface area contributed by atoms with Gasteiger partial charge < -0.3 is 10.2 Å². The van der Waals surface area contributed by atoms with Gasteiger partial charge in [-0.05, 0) is 41.6 Å². The molecule has 0 aliphatic heterocycles. The van der Waals surface area contributed by atoms with Crippen LogP contribution in [0.3, 0.4) is 0 Å². The monoisotopic (exact) mass is 405 g/mol. The minimum atomic E-state index is -4.55. The molecule has 0 radical (unpaired) electrons. The van der Waals surface area contributed by atoms with Crippen LogP contribution in [0.15, 0.2) is 66.3 Å². The van der Waals surface area contributed by atoms with E-state index in [0.717, 1.165) is 16.5 Å². The highest BCUT2D eigenvalue weighted by Crippen LogP contribution is 2.34. The van der Waals surface area contributed by atoms with E-state index in [1.165, 1.54) is 23.1 Å². The number of para-hydroxylation sites is 1. The van der Waals surface area contributed by atoms with Crippen LogP contribution in [0.5, 0.6) is 0 Å². The van der Waals surface area contributed by atoms with Crippen LogP contribution in [0.1, 0.15) is 16.0 Å². The highest BCUT2D eigenvalue weighted by Gasteiger charge is 2.33. The Kier molecular flexibility index (Phi) is 6.30. The third-order valence-corrected chi connectivity index (χ3v) is 5.00. The molecule has 4 nitrogen and oxygen atoms in total. The first-order valence-corrected chi connectivity index (χ1v) is 9.45. The number of alkyl halides is 3. The molecule has 0 fully saturated rings. The number of nitrogens with one attached hydrogen (secondary N) is 1. The molecule has 2 aromatic heterocycles. The maximum atomic E-state index is 13.2. The van der Waals surface area contributed by atoms with Gasteiger partial charge in [0, 0.05) is 30.4 Å². The molecular formula is C20H18F3N3OS. The minimum absolute atomic E-state index is 0.249. The van der Waals surface area contributed by atoms with E-state index in [4.69, 9.17) is 0 Å². The Morgan fingerprint density at radius 2 is 1.93 bits per heavy atom. The second-order valence-corrected chi connectivity index (χ2v) is 7.12. The first kappa shape index (κ1) is 19.9. The van der Waals surface area contributed by atoms with Gasteiger partial charge in [0.05, 0.1) is 11.3 Å². The van der Waals surface area contributed by atoms with E-state index >= 15 is 0 Å². The van der Waals surface area contributed by atoms with Crippen molar-refractivity contribution in [2.24, 2.45) is 0 Å². The largest absolute Gasteiger partial charge is 0.418 e. The van der Waals surface area contributed by atoms with E-state index in [1.807, 2.05) is 23.6 Å². The summed E-state index contributed by atoms with van der Waals surface area (Å²) in [6.45, 7) is 0.620. The molecule has 3 rings (SSSR count). The van der Waals surface area contributed by atoms with Gasteiger partial charge in [-0.2, -0.15) is 13.2 Å². The molecule has 0 atom stereocenters. The highest BCUT2D eigenvalue weighted by molar-refractivity contribution is 7.09. The number of aromatic nitrogens is 1. The molecule has 0 aliphatic rings. The molecule has 0 saturated heterocycles. The van der Waals surface area contributed by atoms with Crippen molar-refractivity contribution < 1.29 is 18.0 Å². The summed E-state index contributed by atoms with van der Waals surface area (Å²) in [4.78, 5) is 19.4. The summed E-state index contributed by atoms with van der Waals surface area (Å²) in [6.07, 6.45) is -0.671. The van der Waals surface area contributed by atoms with Crippen LogP contribution in [-0.2, 0) is 19.1 Å². The number of amides is 2. The number of urea groups is 1. The minimum Gasteiger partial charge on any atom is -0.320 e. The number of rotatable bonds is 6. The van der Waals surface area contributed by atoms with E-state index in [-0.39, 0.29) is 12.2 Å². The van der Waals surface area contributed by atoms with Crippen LogP contribution in [-0.4, -0.2) is 22.5 Å². The topological polar surface area (TPSA) is 45.2 Å². The van der Waals surface area contributed by atoms with E-state index < -0.39 is 17.8 Å². The number of pyridine rings is 1. The molecule has 146 valence electrons. The van der Waals surface area contributed by atoms with Crippen LogP contribution in [0, 0.1) is 0 Å². The smallest absolute Gasteiger partial charge is 0.320 e. The van der Waals surface area contributed by atoms with Crippen molar-refractivity contribution in [3.05, 3.63) is 82.3 Å². The Morgan fingerprint density at radius 3 is 2.61 bits per heavy atom. The van der Waals surface area contributed by atoms with Crippen molar-refractivity contribution in [1.29, 1.82) is 0 Å². The molecule has 2 heterocycles. The van der Waals surface area contributed by atoms with Gasteiger partial charge in [0.2, 0.25) is 0 Å². The molecule has 0 bridgehead atoms. The Balaban J connectivity index is 1.78. The number of hydrogen-bond acceptors (Lipinski definition) is 3. The number of benzene rings is 1. The quantitative estimate of drug-likeness (QED) is 0.594. The molecule has 0 spiro atoms. The van der Waals surface area contributed by atoms with Crippen molar-refractivity contribution in [3.63, 3.8) is 0 Å². The SMILES string of the molecule is O=C(Nc1ccccc1C(F)(F)F)N(CCc1cccs1)Cc1cccnc1. The number of anilines is 1. The fourth-order valence-electron chi connectivity index (χ4n) is 2.70. The molecule has 2 amide bonds. The molecule has 1 N–H and O–H groups in total. The normalized spacial score (nSPS) is 11.2. The predicted molar refractivity (Wildman–Crippen MR) is 103 cm³/mol. The van der Waals surface area contributed by atoms with Gasteiger partial charge in [0.15, 0.2) is 0 Å². The van der Waals surface area contributed by atoms with Gasteiger partial charge in [-0.15, -0.1) is 11.3 Å². The van der Waals surface area contributed by atoms with Gasteiger partial charge >= 0.3 is 12.2 Å². The Bertz CT molecular complexity index is 899. The van der Waals surface area contributed by atoms with Gasteiger partial charge in [-0.25, -0.2) is 4.79 Å². The van der Waals surface area contributed by atoms with E-state index in [2.05, 4.69) is 10.3 Å². The molecule has 3 aromatic rings. The van der Waals surface area contributed by atoms with Crippen LogP contribution in [0.2, 0.25) is 0 Å². The van der Waals surface area contributed by atoms with Gasteiger partial charge in [-0.3, -0.25) is 4.98 Å². The lowest BCUT2D eigenvalue weighted by Crippen LogP contribution is -2.36. The molecular weight excluding hydrogens is 387 g/mol. The lowest BCUT2D eigenvalue weighted by molar-refractivity contribution is -0.136. The number of carbonyl (C=O) groups is 1. The van der Waals surface area contributed by atoms with Crippen LogP contribution in [0.4, 0.5) is 23.7 Å². The summed E-state index contributed by atoms with van der Waals surface area (Å²) in [6, 6.07) is 11.8.